The molecule has 0 unspecified atom stereocenters. The number of fused-ring (bicyclic) bond motifs is 1. The van der Waals surface area contributed by atoms with E-state index in [0.717, 1.165) is 10.8 Å². The number of rotatable bonds is 5. The molecule has 34 heavy (non-hydrogen) atoms. The average molecular weight is 483 g/mol. The van der Waals surface area contributed by atoms with Gasteiger partial charge in [-0.15, -0.1) is 0 Å². The van der Waals surface area contributed by atoms with Crippen molar-refractivity contribution in [1.82, 2.24) is 19.5 Å². The second-order valence-corrected chi connectivity index (χ2v) is 7.84. The summed E-state index contributed by atoms with van der Waals surface area (Å²) in [6.07, 6.45) is -0.982. The van der Waals surface area contributed by atoms with E-state index in [4.69, 9.17) is 16.0 Å². The highest BCUT2D eigenvalue weighted by atomic mass is 35.5. The summed E-state index contributed by atoms with van der Waals surface area (Å²) in [7, 11) is 0. The topological polar surface area (TPSA) is 73.8 Å². The molecule has 0 saturated heterocycles. The molecule has 2 aromatic carbocycles. The molecule has 3 aromatic heterocycles. The van der Waals surface area contributed by atoms with Gasteiger partial charge in [0.15, 0.2) is 5.76 Å². The highest BCUT2D eigenvalue weighted by Crippen LogP contribution is 2.40. The van der Waals surface area contributed by atoms with Gasteiger partial charge in [-0.3, -0.25) is 4.79 Å². The molecule has 0 bridgehead atoms. The molecule has 0 radical (unpaired) electrons. The molecule has 0 spiro atoms. The van der Waals surface area contributed by atoms with Crippen LogP contribution in [0.3, 0.4) is 0 Å². The molecule has 0 aliphatic carbocycles. The lowest BCUT2D eigenvalue weighted by molar-refractivity contribution is -0.143. The summed E-state index contributed by atoms with van der Waals surface area (Å²) in [5.41, 5.74) is -0.393. The van der Waals surface area contributed by atoms with Gasteiger partial charge in [-0.1, -0.05) is 41.9 Å². The van der Waals surface area contributed by atoms with E-state index in [1.807, 2.05) is 0 Å². The van der Waals surface area contributed by atoms with Crippen molar-refractivity contribution >= 4 is 28.3 Å². The Hall–Kier alpha value is -3.98. The highest BCUT2D eigenvalue weighted by Gasteiger charge is 2.42. The van der Waals surface area contributed by atoms with Gasteiger partial charge in [0.25, 0.3) is 0 Å². The summed E-state index contributed by atoms with van der Waals surface area (Å²) in [6, 6.07) is 14.2. The molecule has 3 heterocycles. The number of halogens is 4. The van der Waals surface area contributed by atoms with Crippen LogP contribution in [0.5, 0.6) is 0 Å². The molecule has 170 valence electrons. The van der Waals surface area contributed by atoms with Gasteiger partial charge in [-0.25, -0.2) is 15.0 Å². The van der Waals surface area contributed by atoms with Gasteiger partial charge < -0.3 is 8.98 Å². The third kappa shape index (κ3) is 3.94. The fourth-order valence-electron chi connectivity index (χ4n) is 3.80. The number of para-hydroxylation sites is 1. The Balaban J connectivity index is 1.67. The highest BCUT2D eigenvalue weighted by molar-refractivity contribution is 6.30. The summed E-state index contributed by atoms with van der Waals surface area (Å²) >= 11 is 5.92. The first-order valence-corrected chi connectivity index (χ1v) is 10.4. The van der Waals surface area contributed by atoms with Gasteiger partial charge in [0, 0.05) is 28.7 Å². The van der Waals surface area contributed by atoms with Crippen LogP contribution in [-0.4, -0.2) is 25.3 Å². The summed E-state index contributed by atoms with van der Waals surface area (Å²) in [6.45, 7) is -0.109. The Bertz CT molecular complexity index is 1490. The van der Waals surface area contributed by atoms with E-state index in [1.54, 1.807) is 42.5 Å². The molecular formula is C24H14ClF3N4O2. The molecule has 0 amide bonds. The smallest absolute Gasteiger partial charge is 0.431 e. The number of oxazole rings is 1. The first-order valence-electron chi connectivity index (χ1n) is 10.0. The van der Waals surface area contributed by atoms with Gasteiger partial charge in [-0.05, 0) is 29.8 Å². The molecule has 0 aliphatic heterocycles. The Morgan fingerprint density at radius 2 is 1.79 bits per heavy atom. The molecule has 6 nitrogen and oxygen atoms in total. The van der Waals surface area contributed by atoms with E-state index in [2.05, 4.69) is 15.0 Å². The molecule has 0 aliphatic rings. The minimum Gasteiger partial charge on any atom is -0.431 e. The Morgan fingerprint density at radius 3 is 2.50 bits per heavy atom. The van der Waals surface area contributed by atoms with E-state index in [9.17, 15) is 18.0 Å². The Morgan fingerprint density at radius 1 is 1.03 bits per heavy atom. The van der Waals surface area contributed by atoms with Crippen molar-refractivity contribution in [2.24, 2.45) is 0 Å². The standard InChI is InChI=1S/C24H14ClF3N4O2/c25-15-7-5-14(6-8-15)12-32-18-4-2-1-3-16(18)20(22(32)24(26,27)28)21(33)19-11-30-23(34-19)17-9-10-29-13-31-17/h1-11,13H,12H2. The molecule has 0 fully saturated rings. The Labute approximate surface area is 195 Å². The van der Waals surface area contributed by atoms with Crippen LogP contribution in [0.15, 0.2) is 77.7 Å². The molecule has 0 N–H and O–H groups in total. The van der Waals surface area contributed by atoms with Crippen molar-refractivity contribution in [1.29, 1.82) is 0 Å². The van der Waals surface area contributed by atoms with Gasteiger partial charge in [0.1, 0.15) is 17.7 Å². The SMILES string of the molecule is O=C(c1cnc(-c2ccncn2)o1)c1c(C(F)(F)F)n(Cc2ccc(Cl)cc2)c2ccccc12. The number of carbonyl (C=O) groups excluding carboxylic acids is 1. The van der Waals surface area contributed by atoms with Crippen molar-refractivity contribution in [2.45, 2.75) is 12.7 Å². The number of carbonyl (C=O) groups is 1. The Kier molecular flexibility index (Phi) is 5.41. The largest absolute Gasteiger partial charge is 0.432 e. The zero-order valence-corrected chi connectivity index (χ0v) is 18.0. The van der Waals surface area contributed by atoms with Crippen molar-refractivity contribution in [3.63, 3.8) is 0 Å². The lowest BCUT2D eigenvalue weighted by Gasteiger charge is -2.14. The maximum Gasteiger partial charge on any atom is 0.432 e. The molecule has 5 rings (SSSR count). The predicted molar refractivity (Wildman–Crippen MR) is 118 cm³/mol. The number of nitrogens with zero attached hydrogens (tertiary/aromatic N) is 4. The minimum atomic E-state index is -4.81. The van der Waals surface area contributed by atoms with E-state index in [0.29, 0.717) is 16.3 Å². The molecule has 5 aromatic rings. The van der Waals surface area contributed by atoms with E-state index < -0.39 is 23.2 Å². The molecule has 10 heteroatoms. The quantitative estimate of drug-likeness (QED) is 0.286. The maximum absolute atomic E-state index is 14.4. The normalized spacial score (nSPS) is 11.8. The first-order chi connectivity index (χ1) is 16.3. The van der Waals surface area contributed by atoms with Crippen LogP contribution in [0.4, 0.5) is 13.2 Å². The monoisotopic (exact) mass is 482 g/mol. The number of ketones is 1. The number of alkyl halides is 3. The van der Waals surface area contributed by atoms with Crippen LogP contribution in [0.2, 0.25) is 5.02 Å². The number of hydrogen-bond acceptors (Lipinski definition) is 5. The van der Waals surface area contributed by atoms with Crippen LogP contribution < -0.4 is 0 Å². The van der Waals surface area contributed by atoms with Crippen LogP contribution in [0.1, 0.15) is 27.4 Å². The predicted octanol–water partition coefficient (Wildman–Crippen LogP) is 6.04. The number of hydrogen-bond donors (Lipinski definition) is 0. The lowest BCUT2D eigenvalue weighted by atomic mass is 10.0. The van der Waals surface area contributed by atoms with Crippen LogP contribution >= 0.6 is 11.6 Å². The van der Waals surface area contributed by atoms with Crippen LogP contribution in [-0.2, 0) is 12.7 Å². The third-order valence-electron chi connectivity index (χ3n) is 5.25. The molecule has 0 saturated carbocycles. The van der Waals surface area contributed by atoms with E-state index >= 15 is 0 Å². The van der Waals surface area contributed by atoms with E-state index in [1.165, 1.54) is 24.7 Å². The second-order valence-electron chi connectivity index (χ2n) is 7.40. The van der Waals surface area contributed by atoms with Crippen molar-refractivity contribution in [3.05, 3.63) is 101 Å². The zero-order valence-electron chi connectivity index (χ0n) is 17.3. The van der Waals surface area contributed by atoms with Crippen molar-refractivity contribution in [2.75, 3.05) is 0 Å². The average Bonchev–Trinajstić information content (AvgIpc) is 3.44. The van der Waals surface area contributed by atoms with Crippen LogP contribution in [0.25, 0.3) is 22.5 Å². The van der Waals surface area contributed by atoms with Crippen LogP contribution in [0, 0.1) is 0 Å². The minimum absolute atomic E-state index is 0.00390. The summed E-state index contributed by atoms with van der Waals surface area (Å²) in [5.74, 6) is -1.25. The second kappa shape index (κ2) is 8.42. The molecular weight excluding hydrogens is 469 g/mol. The lowest BCUT2D eigenvalue weighted by Crippen LogP contribution is -2.18. The van der Waals surface area contributed by atoms with Gasteiger partial charge in [0.05, 0.1) is 11.8 Å². The fraction of sp³-hybridized carbons (Fsp3) is 0.0833. The van der Waals surface area contributed by atoms with Gasteiger partial charge >= 0.3 is 6.18 Å². The van der Waals surface area contributed by atoms with Crippen molar-refractivity contribution in [3.8, 4) is 11.6 Å². The first kappa shape index (κ1) is 21.8. The van der Waals surface area contributed by atoms with Gasteiger partial charge in [-0.2, -0.15) is 13.2 Å². The van der Waals surface area contributed by atoms with Crippen molar-refractivity contribution < 1.29 is 22.4 Å². The third-order valence-corrected chi connectivity index (χ3v) is 5.50. The number of aromatic nitrogens is 4. The van der Waals surface area contributed by atoms with Gasteiger partial charge in [0.2, 0.25) is 11.7 Å². The summed E-state index contributed by atoms with van der Waals surface area (Å²) < 4.78 is 49.8. The zero-order chi connectivity index (χ0) is 23.9. The molecule has 0 atom stereocenters. The van der Waals surface area contributed by atoms with E-state index in [-0.39, 0.29) is 29.1 Å². The fourth-order valence-corrected chi connectivity index (χ4v) is 3.93. The maximum atomic E-state index is 14.4. The summed E-state index contributed by atoms with van der Waals surface area (Å²) in [5, 5.41) is 0.631. The number of benzene rings is 2. The summed E-state index contributed by atoms with van der Waals surface area (Å²) in [4.78, 5) is 25.2.